The van der Waals surface area contributed by atoms with Crippen LogP contribution in [0.1, 0.15) is 0 Å². The van der Waals surface area contributed by atoms with Gasteiger partial charge in [-0.25, -0.2) is 0 Å². The van der Waals surface area contributed by atoms with Crippen LogP contribution in [0.25, 0.3) is 0 Å². The van der Waals surface area contributed by atoms with Gasteiger partial charge in [0.2, 0.25) is 7.58 Å². The summed E-state index contributed by atoms with van der Waals surface area (Å²) in [6, 6.07) is 7.55. The van der Waals surface area contributed by atoms with E-state index in [-0.39, 0.29) is 0 Å². The van der Waals surface area contributed by atoms with Gasteiger partial charge in [-0.1, -0.05) is 15.9 Å². The molecule has 1 aromatic rings. The van der Waals surface area contributed by atoms with Crippen molar-refractivity contribution in [2.45, 2.75) is 0 Å². The summed E-state index contributed by atoms with van der Waals surface area (Å²) in [5, 5.41) is 0. The quantitative estimate of drug-likeness (QED) is 0.728. The second-order valence-electron chi connectivity index (χ2n) is 1.62. The topological polar surface area (TPSA) is 9.23 Å². The van der Waals surface area contributed by atoms with Gasteiger partial charge in [0, 0.05) is 4.47 Å². The average Bonchev–Trinajstić information content (AvgIpc) is 1.95. The Bertz CT molecular complexity index is 224. The largest absolute Gasteiger partial charge is 0.429 e. The summed E-state index contributed by atoms with van der Waals surface area (Å²) in [6.07, 6.45) is 0. The van der Waals surface area contributed by atoms with E-state index in [9.17, 15) is 0 Å². The number of hydrogen-bond donors (Lipinski definition) is 0. The van der Waals surface area contributed by atoms with Gasteiger partial charge in [0.1, 0.15) is 5.75 Å². The Morgan fingerprint density at radius 3 is 2.40 bits per heavy atom. The lowest BCUT2D eigenvalue weighted by atomic mass is 10.3. The molecule has 4 heteroatoms. The highest BCUT2D eigenvalue weighted by molar-refractivity contribution is 9.10. The fourth-order valence-electron chi connectivity index (χ4n) is 0.538. The summed E-state index contributed by atoms with van der Waals surface area (Å²) in [7, 11) is 0.514. The Kier molecular flexibility index (Phi) is 3.26. The number of halogens is 1. The third kappa shape index (κ3) is 2.33. The standard InChI is InChI=1S/C6H4BrOPS/c7-5-1-3-6(4-2-5)8-9-10/h1-4H. The van der Waals surface area contributed by atoms with E-state index in [1.54, 1.807) is 0 Å². The second-order valence-corrected chi connectivity index (χ2v) is 3.31. The van der Waals surface area contributed by atoms with Crippen molar-refractivity contribution in [2.75, 3.05) is 0 Å². The van der Waals surface area contributed by atoms with Gasteiger partial charge in [0.25, 0.3) is 0 Å². The zero-order chi connectivity index (χ0) is 7.40. The molecule has 0 aliphatic heterocycles. The molecule has 0 spiro atoms. The first-order chi connectivity index (χ1) is 4.83. The van der Waals surface area contributed by atoms with Crippen molar-refractivity contribution >= 4 is 35.3 Å². The summed E-state index contributed by atoms with van der Waals surface area (Å²) in [4.78, 5) is 0. The maximum absolute atomic E-state index is 5.03. The lowest BCUT2D eigenvalue weighted by Gasteiger charge is -1.95. The molecule has 0 N–H and O–H groups in total. The SMILES string of the molecule is S=POc1ccc(Br)cc1. The summed E-state index contributed by atoms with van der Waals surface area (Å²) in [5.74, 6) is 0.805. The van der Waals surface area contributed by atoms with E-state index in [2.05, 4.69) is 27.7 Å². The van der Waals surface area contributed by atoms with Gasteiger partial charge < -0.3 is 4.52 Å². The Morgan fingerprint density at radius 1 is 1.30 bits per heavy atom. The van der Waals surface area contributed by atoms with E-state index in [0.29, 0.717) is 7.58 Å². The first-order valence-electron chi connectivity index (χ1n) is 2.58. The molecule has 0 atom stereocenters. The van der Waals surface area contributed by atoms with E-state index in [4.69, 9.17) is 4.52 Å². The normalized spacial score (nSPS) is 9.70. The molecule has 0 fully saturated rings. The van der Waals surface area contributed by atoms with Crippen molar-refractivity contribution in [3.05, 3.63) is 28.7 Å². The van der Waals surface area contributed by atoms with Crippen LogP contribution >= 0.6 is 23.5 Å². The lowest BCUT2D eigenvalue weighted by molar-refractivity contribution is 0.644. The van der Waals surface area contributed by atoms with Gasteiger partial charge in [-0.2, -0.15) is 0 Å². The molecule has 0 heterocycles. The van der Waals surface area contributed by atoms with E-state index in [1.807, 2.05) is 24.3 Å². The predicted molar refractivity (Wildman–Crippen MR) is 49.1 cm³/mol. The molecule has 10 heavy (non-hydrogen) atoms. The second kappa shape index (κ2) is 4.02. The molecule has 0 aliphatic carbocycles. The molecular weight excluding hydrogens is 231 g/mol. The van der Waals surface area contributed by atoms with Crippen LogP contribution in [0.5, 0.6) is 5.75 Å². The molecule has 0 radical (unpaired) electrons. The monoisotopic (exact) mass is 234 g/mol. The summed E-state index contributed by atoms with van der Waals surface area (Å²) in [5.41, 5.74) is 0. The molecule has 1 aromatic carbocycles. The number of benzene rings is 1. The highest BCUT2D eigenvalue weighted by atomic mass is 79.9. The summed E-state index contributed by atoms with van der Waals surface area (Å²) >= 11 is 7.92. The highest BCUT2D eigenvalue weighted by Crippen LogP contribution is 2.18. The minimum Gasteiger partial charge on any atom is -0.429 e. The van der Waals surface area contributed by atoms with Crippen LogP contribution in [-0.4, -0.2) is 0 Å². The fourth-order valence-corrected chi connectivity index (χ4v) is 1.27. The van der Waals surface area contributed by atoms with Crippen LogP contribution in [0.15, 0.2) is 28.7 Å². The van der Waals surface area contributed by atoms with E-state index < -0.39 is 0 Å². The Hall–Kier alpha value is 0.0200. The zero-order valence-electron chi connectivity index (χ0n) is 4.95. The number of rotatable bonds is 2. The van der Waals surface area contributed by atoms with Crippen molar-refractivity contribution in [2.24, 2.45) is 0 Å². The zero-order valence-corrected chi connectivity index (χ0v) is 8.25. The maximum Gasteiger partial charge on any atom is 0.205 e. The van der Waals surface area contributed by atoms with Crippen LogP contribution in [0.2, 0.25) is 0 Å². The van der Waals surface area contributed by atoms with Crippen molar-refractivity contribution in [1.29, 1.82) is 0 Å². The highest BCUT2D eigenvalue weighted by Gasteiger charge is 1.89. The molecule has 0 aliphatic rings. The molecular formula is C6H4BrOPS. The van der Waals surface area contributed by atoms with E-state index in [1.165, 1.54) is 0 Å². The Morgan fingerprint density at radius 2 is 1.90 bits per heavy atom. The molecule has 0 amide bonds. The van der Waals surface area contributed by atoms with Gasteiger partial charge in [0.05, 0.1) is 0 Å². The Balaban J connectivity index is 2.78. The third-order valence-corrected chi connectivity index (χ3v) is 1.99. The van der Waals surface area contributed by atoms with E-state index in [0.717, 1.165) is 10.2 Å². The van der Waals surface area contributed by atoms with Crippen LogP contribution < -0.4 is 4.52 Å². The smallest absolute Gasteiger partial charge is 0.205 e. The van der Waals surface area contributed by atoms with E-state index >= 15 is 0 Å². The van der Waals surface area contributed by atoms with Crippen molar-refractivity contribution < 1.29 is 4.52 Å². The molecule has 0 saturated carbocycles. The average molecular weight is 235 g/mol. The fraction of sp³-hybridized carbons (Fsp3) is 0. The molecule has 0 aromatic heterocycles. The predicted octanol–water partition coefficient (Wildman–Crippen LogP) is 3.15. The molecule has 52 valence electrons. The molecule has 0 bridgehead atoms. The van der Waals surface area contributed by atoms with Gasteiger partial charge >= 0.3 is 0 Å². The molecule has 1 nitrogen and oxygen atoms in total. The molecule has 0 saturated heterocycles. The van der Waals surface area contributed by atoms with Crippen LogP contribution in [-0.2, 0) is 11.8 Å². The van der Waals surface area contributed by atoms with Gasteiger partial charge in [-0.3, -0.25) is 0 Å². The van der Waals surface area contributed by atoms with Crippen LogP contribution in [0.3, 0.4) is 0 Å². The van der Waals surface area contributed by atoms with Crippen LogP contribution in [0, 0.1) is 0 Å². The van der Waals surface area contributed by atoms with Crippen molar-refractivity contribution in [3.8, 4) is 5.75 Å². The minimum atomic E-state index is 0.514. The minimum absolute atomic E-state index is 0.514. The van der Waals surface area contributed by atoms with Crippen molar-refractivity contribution in [3.63, 3.8) is 0 Å². The van der Waals surface area contributed by atoms with Gasteiger partial charge in [0.15, 0.2) is 0 Å². The maximum atomic E-state index is 5.03. The third-order valence-electron chi connectivity index (χ3n) is 0.956. The Labute approximate surface area is 74.4 Å². The molecule has 1 rings (SSSR count). The first-order valence-corrected chi connectivity index (χ1v) is 5.20. The molecule has 0 unspecified atom stereocenters. The van der Waals surface area contributed by atoms with Crippen LogP contribution in [0.4, 0.5) is 0 Å². The lowest BCUT2D eigenvalue weighted by Crippen LogP contribution is -1.72. The summed E-state index contributed by atoms with van der Waals surface area (Å²) in [6.45, 7) is 0. The first kappa shape index (κ1) is 8.12. The van der Waals surface area contributed by atoms with Crippen molar-refractivity contribution in [1.82, 2.24) is 0 Å². The van der Waals surface area contributed by atoms with Gasteiger partial charge in [-0.15, -0.1) is 0 Å². The van der Waals surface area contributed by atoms with Gasteiger partial charge in [-0.05, 0) is 36.1 Å². The summed E-state index contributed by atoms with van der Waals surface area (Å²) < 4.78 is 6.07. The number of hydrogen-bond acceptors (Lipinski definition) is 2.